The summed E-state index contributed by atoms with van der Waals surface area (Å²) in [5, 5.41) is 5.15. The minimum Gasteiger partial charge on any atom is -0.216 e. The summed E-state index contributed by atoms with van der Waals surface area (Å²) in [7, 11) is 0. The number of halogens is 3. The van der Waals surface area contributed by atoms with Gasteiger partial charge < -0.3 is 0 Å². The summed E-state index contributed by atoms with van der Waals surface area (Å²) >= 11 is 16.2. The van der Waals surface area contributed by atoms with Gasteiger partial charge in [0.05, 0.1) is 11.8 Å². The first-order valence-electron chi connectivity index (χ1n) is 6.09. The van der Waals surface area contributed by atoms with Gasteiger partial charge in [-0.3, -0.25) is 0 Å². The number of fused-ring (bicyclic) bond motifs is 1. The van der Waals surface area contributed by atoms with E-state index in [9.17, 15) is 0 Å². The maximum absolute atomic E-state index is 6.46. The Labute approximate surface area is 134 Å². The van der Waals surface area contributed by atoms with Crippen LogP contribution in [0.2, 0.25) is 10.3 Å². The Hall–Kier alpha value is -1.10. The molecule has 0 unspecified atom stereocenters. The average Bonchev–Trinajstić information content (AvgIpc) is 2.82. The summed E-state index contributed by atoms with van der Waals surface area (Å²) in [6.07, 6.45) is 2.61. The molecule has 6 heteroatoms. The summed E-state index contributed by atoms with van der Waals surface area (Å²) in [6.45, 7) is 2.04. The maximum atomic E-state index is 6.46. The van der Waals surface area contributed by atoms with Crippen LogP contribution in [0.3, 0.4) is 0 Å². The zero-order chi connectivity index (χ0) is 14.3. The van der Waals surface area contributed by atoms with Gasteiger partial charge in [-0.25, -0.2) is 9.50 Å². The summed E-state index contributed by atoms with van der Waals surface area (Å²) < 4.78 is 2.58. The summed E-state index contributed by atoms with van der Waals surface area (Å²) in [6, 6.07) is 7.76. The molecule has 3 nitrogen and oxygen atoms in total. The third kappa shape index (κ3) is 2.22. The number of rotatable bonds is 2. The number of aryl methyl sites for hydroxylation is 1. The lowest BCUT2D eigenvalue weighted by Crippen LogP contribution is -1.98. The molecule has 0 atom stereocenters. The average molecular weight is 371 g/mol. The molecule has 0 bridgehead atoms. The molecular formula is C14H10BrCl2N3. The standard InChI is InChI=1S/C14H10BrCl2N3/c1-2-8-7-18-20-13(17)11(12(16)19-14(8)20)9-4-3-5-10(15)6-9/h3-7H,2H2,1H3. The first-order valence-corrected chi connectivity index (χ1v) is 7.64. The number of nitrogens with zero attached hydrogens (tertiary/aromatic N) is 3. The van der Waals surface area contributed by atoms with Gasteiger partial charge in [-0.1, -0.05) is 58.2 Å². The van der Waals surface area contributed by atoms with E-state index in [0.717, 1.165) is 22.0 Å². The third-order valence-corrected chi connectivity index (χ3v) is 4.23. The minimum atomic E-state index is 0.385. The summed E-state index contributed by atoms with van der Waals surface area (Å²) in [4.78, 5) is 4.44. The Morgan fingerprint density at radius 1 is 1.30 bits per heavy atom. The number of hydrogen-bond donors (Lipinski definition) is 0. The van der Waals surface area contributed by atoms with Crippen molar-refractivity contribution in [1.29, 1.82) is 0 Å². The first-order chi connectivity index (χ1) is 9.61. The third-order valence-electron chi connectivity index (χ3n) is 3.11. The molecule has 0 aliphatic heterocycles. The van der Waals surface area contributed by atoms with Crippen LogP contribution >= 0.6 is 39.1 Å². The lowest BCUT2D eigenvalue weighted by Gasteiger charge is -2.09. The van der Waals surface area contributed by atoms with E-state index in [1.165, 1.54) is 0 Å². The zero-order valence-corrected chi connectivity index (χ0v) is 13.7. The van der Waals surface area contributed by atoms with Gasteiger partial charge in [0.25, 0.3) is 0 Å². The molecule has 0 aliphatic rings. The largest absolute Gasteiger partial charge is 0.216 e. The van der Waals surface area contributed by atoms with Crippen LogP contribution in [0.1, 0.15) is 12.5 Å². The van der Waals surface area contributed by atoms with Gasteiger partial charge in [0, 0.05) is 10.0 Å². The number of benzene rings is 1. The highest BCUT2D eigenvalue weighted by molar-refractivity contribution is 9.10. The smallest absolute Gasteiger partial charge is 0.161 e. The fourth-order valence-corrected chi connectivity index (χ4v) is 3.16. The molecule has 0 aliphatic carbocycles. The van der Waals surface area contributed by atoms with E-state index >= 15 is 0 Å². The second-order valence-corrected chi connectivity index (χ2v) is 5.97. The van der Waals surface area contributed by atoms with Crippen molar-refractivity contribution in [2.24, 2.45) is 0 Å². The molecule has 2 aromatic heterocycles. The van der Waals surface area contributed by atoms with Crippen molar-refractivity contribution in [2.75, 3.05) is 0 Å². The first kappa shape index (κ1) is 13.9. The van der Waals surface area contributed by atoms with Crippen LogP contribution in [0.15, 0.2) is 34.9 Å². The van der Waals surface area contributed by atoms with E-state index in [4.69, 9.17) is 23.2 Å². The van der Waals surface area contributed by atoms with Gasteiger partial charge in [-0.2, -0.15) is 5.10 Å². The lowest BCUT2D eigenvalue weighted by molar-refractivity contribution is 0.942. The van der Waals surface area contributed by atoms with Gasteiger partial charge in [-0.15, -0.1) is 0 Å². The topological polar surface area (TPSA) is 30.2 Å². The minimum absolute atomic E-state index is 0.385. The molecule has 0 N–H and O–H groups in total. The van der Waals surface area contributed by atoms with Crippen molar-refractivity contribution in [3.05, 3.63) is 50.8 Å². The van der Waals surface area contributed by atoms with Crippen LogP contribution in [0.25, 0.3) is 16.8 Å². The molecule has 2 heterocycles. The van der Waals surface area contributed by atoms with Gasteiger partial charge in [0.1, 0.15) is 10.3 Å². The van der Waals surface area contributed by atoms with Crippen LogP contribution < -0.4 is 0 Å². The van der Waals surface area contributed by atoms with Gasteiger partial charge >= 0.3 is 0 Å². The Bertz CT molecular complexity index is 798. The van der Waals surface area contributed by atoms with E-state index in [-0.39, 0.29) is 0 Å². The highest BCUT2D eigenvalue weighted by Gasteiger charge is 2.17. The normalized spacial score (nSPS) is 11.2. The number of aromatic nitrogens is 3. The predicted octanol–water partition coefficient (Wildman–Crippen LogP) is 5.03. The van der Waals surface area contributed by atoms with Crippen LogP contribution in [-0.2, 0) is 6.42 Å². The van der Waals surface area contributed by atoms with Crippen molar-refractivity contribution in [1.82, 2.24) is 14.6 Å². The predicted molar refractivity (Wildman–Crippen MR) is 85.5 cm³/mol. The molecule has 3 aromatic rings. The van der Waals surface area contributed by atoms with Crippen LogP contribution in [0.5, 0.6) is 0 Å². The van der Waals surface area contributed by atoms with Crippen molar-refractivity contribution < 1.29 is 0 Å². The highest BCUT2D eigenvalue weighted by Crippen LogP contribution is 2.35. The summed E-state index contributed by atoms with van der Waals surface area (Å²) in [5.41, 5.74) is 3.32. The van der Waals surface area contributed by atoms with Gasteiger partial charge in [-0.05, 0) is 24.1 Å². The molecule has 20 heavy (non-hydrogen) atoms. The Morgan fingerprint density at radius 3 is 2.80 bits per heavy atom. The Morgan fingerprint density at radius 2 is 2.10 bits per heavy atom. The molecule has 0 radical (unpaired) electrons. The number of hydrogen-bond acceptors (Lipinski definition) is 2. The second kappa shape index (κ2) is 5.35. The van der Waals surface area contributed by atoms with Crippen molar-refractivity contribution in [2.45, 2.75) is 13.3 Å². The lowest BCUT2D eigenvalue weighted by atomic mass is 10.1. The van der Waals surface area contributed by atoms with Crippen LogP contribution in [0.4, 0.5) is 0 Å². The van der Waals surface area contributed by atoms with E-state index in [1.54, 1.807) is 10.7 Å². The molecule has 0 fully saturated rings. The second-order valence-electron chi connectivity index (χ2n) is 4.34. The van der Waals surface area contributed by atoms with E-state index in [1.807, 2.05) is 31.2 Å². The fourth-order valence-electron chi connectivity index (χ4n) is 2.11. The highest BCUT2D eigenvalue weighted by atomic mass is 79.9. The maximum Gasteiger partial charge on any atom is 0.161 e. The molecule has 0 saturated carbocycles. The molecule has 102 valence electrons. The zero-order valence-electron chi connectivity index (χ0n) is 10.6. The molecule has 1 aromatic carbocycles. The van der Waals surface area contributed by atoms with Gasteiger partial charge in [0.15, 0.2) is 5.65 Å². The van der Waals surface area contributed by atoms with Crippen molar-refractivity contribution >= 4 is 44.8 Å². The van der Waals surface area contributed by atoms with Crippen LogP contribution in [-0.4, -0.2) is 14.6 Å². The van der Waals surface area contributed by atoms with E-state index < -0.39 is 0 Å². The summed E-state index contributed by atoms with van der Waals surface area (Å²) in [5.74, 6) is 0. The van der Waals surface area contributed by atoms with Crippen molar-refractivity contribution in [3.63, 3.8) is 0 Å². The SMILES string of the molecule is CCc1cnn2c(Cl)c(-c3cccc(Br)c3)c(Cl)nc12. The van der Waals surface area contributed by atoms with Crippen molar-refractivity contribution in [3.8, 4) is 11.1 Å². The Balaban J connectivity index is 2.32. The molecular weight excluding hydrogens is 361 g/mol. The van der Waals surface area contributed by atoms with E-state index in [0.29, 0.717) is 21.5 Å². The van der Waals surface area contributed by atoms with Gasteiger partial charge in [0.2, 0.25) is 0 Å². The molecule has 0 saturated heterocycles. The molecule has 0 amide bonds. The monoisotopic (exact) mass is 369 g/mol. The fraction of sp³-hybridized carbons (Fsp3) is 0.143. The van der Waals surface area contributed by atoms with Crippen LogP contribution in [0, 0.1) is 0 Å². The quantitative estimate of drug-likeness (QED) is 0.592. The molecule has 0 spiro atoms. The van der Waals surface area contributed by atoms with E-state index in [2.05, 4.69) is 26.0 Å². The Kier molecular flexibility index (Phi) is 3.71. The molecule has 3 rings (SSSR count).